The molecule has 0 atom stereocenters. The van der Waals surface area contributed by atoms with E-state index in [1.54, 1.807) is 0 Å². The van der Waals surface area contributed by atoms with E-state index in [4.69, 9.17) is 19.4 Å². The SMILES string of the molecule is c1ccc(-c2cc(-c3ccccc3)cc(-c3cccc(-c4ccc5oc6c(-c7nc(-c8ccccc8)nc(-c8ccccc8)n7)cccc6c5c4)c3)c2)cc1. The maximum atomic E-state index is 6.62. The zero-order valence-electron chi connectivity index (χ0n) is 29.8. The fourth-order valence-corrected chi connectivity index (χ4v) is 7.35. The lowest BCUT2D eigenvalue weighted by molar-refractivity contribution is 0.669. The summed E-state index contributed by atoms with van der Waals surface area (Å²) in [6, 6.07) is 69.6. The standard InChI is InChI=1S/C51H33N3O/c1-5-15-34(16-6-1)41-30-42(35-17-7-2-8-18-35)32-43(31-41)39-24-13-23-38(29-39)40-27-28-47-46(33-40)44-25-14-26-45(48(44)55-47)51-53-49(36-19-9-3-10-20-36)52-50(54-51)37-21-11-4-12-22-37/h1-33H. The highest BCUT2D eigenvalue weighted by Crippen LogP contribution is 2.39. The number of rotatable bonds is 7. The van der Waals surface area contributed by atoms with E-state index < -0.39 is 0 Å². The van der Waals surface area contributed by atoms with E-state index in [0.29, 0.717) is 17.5 Å². The first kappa shape index (κ1) is 32.2. The van der Waals surface area contributed by atoms with Gasteiger partial charge in [0.1, 0.15) is 11.2 Å². The monoisotopic (exact) mass is 703 g/mol. The summed E-state index contributed by atoms with van der Waals surface area (Å²) in [5.74, 6) is 1.80. The second-order valence-electron chi connectivity index (χ2n) is 13.6. The lowest BCUT2D eigenvalue weighted by Crippen LogP contribution is -2.00. The van der Waals surface area contributed by atoms with Crippen molar-refractivity contribution in [1.29, 1.82) is 0 Å². The van der Waals surface area contributed by atoms with E-state index in [0.717, 1.165) is 55.3 Å². The average molecular weight is 704 g/mol. The molecule has 0 unspecified atom stereocenters. The number of furan rings is 1. The first-order valence-corrected chi connectivity index (χ1v) is 18.4. The second kappa shape index (κ2) is 13.8. The Hall–Kier alpha value is -7.43. The smallest absolute Gasteiger partial charge is 0.167 e. The molecule has 0 saturated heterocycles. The molecular formula is C51H33N3O. The van der Waals surface area contributed by atoms with Crippen LogP contribution in [-0.2, 0) is 0 Å². The van der Waals surface area contributed by atoms with Crippen molar-refractivity contribution in [1.82, 2.24) is 15.0 Å². The molecule has 55 heavy (non-hydrogen) atoms. The number of aromatic nitrogens is 3. The van der Waals surface area contributed by atoms with E-state index >= 15 is 0 Å². The Kier molecular flexibility index (Phi) is 8.12. The van der Waals surface area contributed by atoms with Crippen LogP contribution in [-0.4, -0.2) is 15.0 Å². The molecule has 258 valence electrons. The minimum atomic E-state index is 0.567. The van der Waals surface area contributed by atoms with Crippen LogP contribution in [0, 0.1) is 0 Å². The molecular weight excluding hydrogens is 671 g/mol. The Morgan fingerprint density at radius 2 is 0.691 bits per heavy atom. The molecule has 0 N–H and O–H groups in total. The molecule has 10 aromatic rings. The van der Waals surface area contributed by atoms with Gasteiger partial charge in [-0.3, -0.25) is 0 Å². The van der Waals surface area contributed by atoms with Gasteiger partial charge in [0.15, 0.2) is 17.5 Å². The Morgan fingerprint density at radius 3 is 1.25 bits per heavy atom. The van der Waals surface area contributed by atoms with Crippen LogP contribution in [0.5, 0.6) is 0 Å². The van der Waals surface area contributed by atoms with Gasteiger partial charge in [0.05, 0.1) is 5.56 Å². The molecule has 10 rings (SSSR count). The molecule has 4 nitrogen and oxygen atoms in total. The second-order valence-corrected chi connectivity index (χ2v) is 13.6. The van der Waals surface area contributed by atoms with Crippen molar-refractivity contribution in [2.45, 2.75) is 0 Å². The van der Waals surface area contributed by atoms with Crippen molar-refractivity contribution in [3.8, 4) is 78.7 Å². The van der Waals surface area contributed by atoms with Gasteiger partial charge in [-0.15, -0.1) is 0 Å². The largest absolute Gasteiger partial charge is 0.455 e. The number of benzene rings is 8. The topological polar surface area (TPSA) is 51.8 Å². The summed E-state index contributed by atoms with van der Waals surface area (Å²) < 4.78 is 6.62. The van der Waals surface area contributed by atoms with E-state index in [-0.39, 0.29) is 0 Å². The normalized spacial score (nSPS) is 11.3. The molecule has 0 spiro atoms. The number of fused-ring (bicyclic) bond motifs is 3. The van der Waals surface area contributed by atoms with Crippen LogP contribution >= 0.6 is 0 Å². The van der Waals surface area contributed by atoms with E-state index in [2.05, 4.69) is 133 Å². The van der Waals surface area contributed by atoms with E-state index in [1.165, 1.54) is 27.8 Å². The first-order chi connectivity index (χ1) is 27.2. The van der Waals surface area contributed by atoms with Crippen LogP contribution in [0.2, 0.25) is 0 Å². The molecule has 4 heteroatoms. The summed E-state index contributed by atoms with van der Waals surface area (Å²) in [6.07, 6.45) is 0. The molecule has 8 aromatic carbocycles. The zero-order valence-corrected chi connectivity index (χ0v) is 29.8. The third kappa shape index (κ3) is 6.26. The first-order valence-electron chi connectivity index (χ1n) is 18.4. The fourth-order valence-electron chi connectivity index (χ4n) is 7.35. The third-order valence-corrected chi connectivity index (χ3v) is 10.1. The molecule has 0 aliphatic heterocycles. The van der Waals surface area contributed by atoms with Crippen molar-refractivity contribution in [3.05, 3.63) is 200 Å². The molecule has 2 heterocycles. The van der Waals surface area contributed by atoms with Gasteiger partial charge in [0.25, 0.3) is 0 Å². The number of hydrogen-bond donors (Lipinski definition) is 0. The highest BCUT2D eigenvalue weighted by Gasteiger charge is 2.18. The predicted molar refractivity (Wildman–Crippen MR) is 225 cm³/mol. The maximum absolute atomic E-state index is 6.62. The van der Waals surface area contributed by atoms with Crippen LogP contribution < -0.4 is 0 Å². The summed E-state index contributed by atoms with van der Waals surface area (Å²) in [4.78, 5) is 14.9. The van der Waals surface area contributed by atoms with Crippen LogP contribution in [0.4, 0.5) is 0 Å². The summed E-state index contributed by atoms with van der Waals surface area (Å²) in [7, 11) is 0. The van der Waals surface area contributed by atoms with Gasteiger partial charge < -0.3 is 4.42 Å². The Morgan fingerprint density at radius 1 is 0.273 bits per heavy atom. The van der Waals surface area contributed by atoms with E-state index in [9.17, 15) is 0 Å². The number of para-hydroxylation sites is 1. The number of nitrogens with zero attached hydrogens (tertiary/aromatic N) is 3. The molecule has 0 radical (unpaired) electrons. The van der Waals surface area contributed by atoms with Crippen molar-refractivity contribution >= 4 is 21.9 Å². The lowest BCUT2D eigenvalue weighted by atomic mass is 9.92. The van der Waals surface area contributed by atoms with Gasteiger partial charge in [0, 0.05) is 21.9 Å². The summed E-state index contributed by atoms with van der Waals surface area (Å²) in [6.45, 7) is 0. The minimum Gasteiger partial charge on any atom is -0.455 e. The molecule has 2 aromatic heterocycles. The van der Waals surface area contributed by atoms with Crippen LogP contribution in [0.3, 0.4) is 0 Å². The van der Waals surface area contributed by atoms with Gasteiger partial charge >= 0.3 is 0 Å². The lowest BCUT2D eigenvalue weighted by Gasteiger charge is -2.12. The Labute approximate surface area is 319 Å². The molecule has 0 bridgehead atoms. The molecule has 0 saturated carbocycles. The Bertz CT molecular complexity index is 2840. The molecule has 0 fully saturated rings. The molecule has 0 aliphatic carbocycles. The van der Waals surface area contributed by atoms with Crippen molar-refractivity contribution in [2.75, 3.05) is 0 Å². The van der Waals surface area contributed by atoms with Crippen LogP contribution in [0.15, 0.2) is 205 Å². The predicted octanol–water partition coefficient (Wildman–Crippen LogP) is 13.4. The summed E-state index contributed by atoms with van der Waals surface area (Å²) in [5, 5.41) is 2.05. The fraction of sp³-hybridized carbons (Fsp3) is 0. The van der Waals surface area contributed by atoms with Gasteiger partial charge in [-0.2, -0.15) is 0 Å². The van der Waals surface area contributed by atoms with Crippen LogP contribution in [0.25, 0.3) is 101 Å². The van der Waals surface area contributed by atoms with Gasteiger partial charge in [-0.25, -0.2) is 15.0 Å². The average Bonchev–Trinajstić information content (AvgIpc) is 3.66. The minimum absolute atomic E-state index is 0.567. The van der Waals surface area contributed by atoms with Crippen molar-refractivity contribution in [2.24, 2.45) is 0 Å². The van der Waals surface area contributed by atoms with Gasteiger partial charge in [-0.05, 0) is 87.0 Å². The third-order valence-electron chi connectivity index (χ3n) is 10.1. The van der Waals surface area contributed by atoms with Gasteiger partial charge in [-0.1, -0.05) is 158 Å². The highest BCUT2D eigenvalue weighted by molar-refractivity contribution is 6.10. The summed E-state index contributed by atoms with van der Waals surface area (Å²) >= 11 is 0. The van der Waals surface area contributed by atoms with Gasteiger partial charge in [0.2, 0.25) is 0 Å². The van der Waals surface area contributed by atoms with Crippen molar-refractivity contribution < 1.29 is 4.42 Å². The van der Waals surface area contributed by atoms with E-state index in [1.807, 2.05) is 66.7 Å². The highest BCUT2D eigenvalue weighted by atomic mass is 16.3. The maximum Gasteiger partial charge on any atom is 0.167 e. The zero-order chi connectivity index (χ0) is 36.6. The van der Waals surface area contributed by atoms with Crippen molar-refractivity contribution in [3.63, 3.8) is 0 Å². The summed E-state index contributed by atoms with van der Waals surface area (Å²) in [5.41, 5.74) is 13.6. The Balaban J connectivity index is 1.07. The number of hydrogen-bond acceptors (Lipinski definition) is 4. The molecule has 0 aliphatic rings. The quantitative estimate of drug-likeness (QED) is 0.166. The molecule has 0 amide bonds. The van der Waals surface area contributed by atoms with Crippen LogP contribution in [0.1, 0.15) is 0 Å².